The Morgan fingerprint density at radius 3 is 2.71 bits per heavy atom. The molecule has 0 fully saturated rings. The third kappa shape index (κ3) is 1.52. The molecule has 1 aliphatic rings. The lowest BCUT2D eigenvalue weighted by Crippen LogP contribution is -2.21. The Kier molecular flexibility index (Phi) is 2.42. The molecule has 1 unspecified atom stereocenters. The molecule has 0 amide bonds. The highest BCUT2D eigenvalue weighted by Gasteiger charge is 2.26. The maximum atomic E-state index is 12.7. The van der Waals surface area contributed by atoms with Crippen LogP contribution in [0, 0.1) is 19.8 Å². The number of aromatic hydroxyl groups is 1. The fourth-order valence-corrected chi connectivity index (χ4v) is 3.87. The fraction of sp³-hybridized carbons (Fsp3) is 0.389. The highest BCUT2D eigenvalue weighted by atomic mass is 16.3. The SMILES string of the molecule is Cc1cc2c(O)c(C)c(=O)n3c4c(c(c1)c23)CCC(C)C4. The van der Waals surface area contributed by atoms with Crippen molar-refractivity contribution in [3.05, 3.63) is 44.9 Å². The molecule has 1 aromatic carbocycles. The van der Waals surface area contributed by atoms with Gasteiger partial charge in [-0.05, 0) is 62.3 Å². The average Bonchev–Trinajstić information content (AvgIpc) is 2.76. The Balaban J connectivity index is 2.32. The van der Waals surface area contributed by atoms with Gasteiger partial charge in [0.05, 0.1) is 11.1 Å². The van der Waals surface area contributed by atoms with Crippen molar-refractivity contribution in [3.63, 3.8) is 0 Å². The molecule has 2 heterocycles. The molecule has 3 nitrogen and oxygen atoms in total. The highest BCUT2D eigenvalue weighted by molar-refractivity contribution is 6.03. The second kappa shape index (κ2) is 4.00. The minimum Gasteiger partial charge on any atom is -0.507 e. The van der Waals surface area contributed by atoms with Crippen LogP contribution in [0.4, 0.5) is 0 Å². The van der Waals surface area contributed by atoms with Crippen LogP contribution >= 0.6 is 0 Å². The van der Waals surface area contributed by atoms with E-state index in [-0.39, 0.29) is 11.3 Å². The van der Waals surface area contributed by atoms with E-state index in [0.717, 1.165) is 40.4 Å². The van der Waals surface area contributed by atoms with Crippen molar-refractivity contribution in [1.29, 1.82) is 0 Å². The summed E-state index contributed by atoms with van der Waals surface area (Å²) in [5.74, 6) is 0.749. The van der Waals surface area contributed by atoms with Crippen molar-refractivity contribution in [3.8, 4) is 5.75 Å². The van der Waals surface area contributed by atoms with E-state index < -0.39 is 0 Å². The first-order chi connectivity index (χ1) is 9.99. The highest BCUT2D eigenvalue weighted by Crippen LogP contribution is 2.38. The van der Waals surface area contributed by atoms with Crippen LogP contribution < -0.4 is 5.56 Å². The van der Waals surface area contributed by atoms with E-state index in [1.54, 1.807) is 6.92 Å². The topological polar surface area (TPSA) is 41.7 Å². The maximum Gasteiger partial charge on any atom is 0.262 e. The van der Waals surface area contributed by atoms with Crippen molar-refractivity contribution in [2.75, 3.05) is 0 Å². The molecule has 4 rings (SSSR count). The van der Waals surface area contributed by atoms with E-state index >= 15 is 0 Å². The molecule has 0 aliphatic heterocycles. The summed E-state index contributed by atoms with van der Waals surface area (Å²) in [6.07, 6.45) is 3.14. The summed E-state index contributed by atoms with van der Waals surface area (Å²) in [6, 6.07) is 4.14. The van der Waals surface area contributed by atoms with Crippen LogP contribution in [-0.2, 0) is 12.8 Å². The monoisotopic (exact) mass is 281 g/mol. The molecule has 21 heavy (non-hydrogen) atoms. The van der Waals surface area contributed by atoms with Gasteiger partial charge >= 0.3 is 0 Å². The van der Waals surface area contributed by atoms with Gasteiger partial charge in [0.15, 0.2) is 0 Å². The lowest BCUT2D eigenvalue weighted by molar-refractivity contribution is 0.474. The standard InChI is InChI=1S/C18H19NO2/c1-9-4-5-12-13-6-10(2)7-14-16(13)19(15(12)8-9)18(21)11(3)17(14)20/h6-7,9,20H,4-5,8H2,1-3H3. The average molecular weight is 281 g/mol. The van der Waals surface area contributed by atoms with Crippen LogP contribution in [0.5, 0.6) is 5.75 Å². The largest absolute Gasteiger partial charge is 0.507 e. The molecule has 0 spiro atoms. The van der Waals surface area contributed by atoms with Crippen LogP contribution in [0.1, 0.15) is 35.7 Å². The Morgan fingerprint density at radius 2 is 1.95 bits per heavy atom. The molecule has 3 aromatic rings. The molecule has 0 saturated carbocycles. The fourth-order valence-electron chi connectivity index (χ4n) is 3.87. The molecule has 108 valence electrons. The van der Waals surface area contributed by atoms with Gasteiger partial charge in [-0.3, -0.25) is 9.20 Å². The number of nitrogens with zero attached hydrogens (tertiary/aromatic N) is 1. The molecule has 1 aliphatic carbocycles. The Hall–Kier alpha value is -2.03. The molecule has 1 atom stereocenters. The van der Waals surface area contributed by atoms with E-state index in [1.165, 1.54) is 12.0 Å². The molecule has 0 saturated heterocycles. The van der Waals surface area contributed by atoms with Crippen molar-refractivity contribution >= 4 is 16.3 Å². The summed E-state index contributed by atoms with van der Waals surface area (Å²) in [5.41, 5.74) is 4.89. The van der Waals surface area contributed by atoms with E-state index in [0.29, 0.717) is 11.5 Å². The molecule has 2 aromatic heterocycles. The number of hydrogen-bond donors (Lipinski definition) is 1. The van der Waals surface area contributed by atoms with E-state index in [1.807, 2.05) is 17.4 Å². The van der Waals surface area contributed by atoms with Gasteiger partial charge in [0.2, 0.25) is 0 Å². The number of fused-ring (bicyclic) bond motifs is 3. The number of pyridine rings is 1. The van der Waals surface area contributed by atoms with Gasteiger partial charge in [0.25, 0.3) is 5.56 Å². The summed E-state index contributed by atoms with van der Waals surface area (Å²) in [4.78, 5) is 12.7. The van der Waals surface area contributed by atoms with Gasteiger partial charge < -0.3 is 5.11 Å². The summed E-state index contributed by atoms with van der Waals surface area (Å²) < 4.78 is 1.87. The van der Waals surface area contributed by atoms with Crippen molar-refractivity contribution in [2.24, 2.45) is 5.92 Å². The van der Waals surface area contributed by atoms with Gasteiger partial charge in [-0.2, -0.15) is 0 Å². The first kappa shape index (κ1) is 12.7. The minimum atomic E-state index is -0.0656. The predicted molar refractivity (Wildman–Crippen MR) is 84.7 cm³/mol. The van der Waals surface area contributed by atoms with Crippen molar-refractivity contribution in [2.45, 2.75) is 40.0 Å². The molecule has 0 radical (unpaired) electrons. The lowest BCUT2D eigenvalue weighted by atomic mass is 9.88. The van der Waals surface area contributed by atoms with Gasteiger partial charge in [0, 0.05) is 16.5 Å². The van der Waals surface area contributed by atoms with Crippen LogP contribution in [0.2, 0.25) is 0 Å². The number of rotatable bonds is 0. The van der Waals surface area contributed by atoms with E-state index in [9.17, 15) is 9.90 Å². The zero-order chi connectivity index (χ0) is 14.9. The van der Waals surface area contributed by atoms with Gasteiger partial charge in [-0.1, -0.05) is 6.92 Å². The second-order valence-electron chi connectivity index (χ2n) is 6.60. The van der Waals surface area contributed by atoms with E-state index in [4.69, 9.17) is 0 Å². The minimum absolute atomic E-state index is 0.0656. The zero-order valence-corrected chi connectivity index (χ0v) is 12.7. The molecule has 0 bridgehead atoms. The predicted octanol–water partition coefficient (Wildman–Crippen LogP) is 3.34. The molecular weight excluding hydrogens is 262 g/mol. The normalized spacial score (nSPS) is 18.5. The maximum absolute atomic E-state index is 12.7. The smallest absolute Gasteiger partial charge is 0.262 e. The van der Waals surface area contributed by atoms with Crippen molar-refractivity contribution < 1.29 is 5.11 Å². The van der Waals surface area contributed by atoms with Gasteiger partial charge in [-0.15, -0.1) is 0 Å². The number of aryl methyl sites for hydroxylation is 2. The molecule has 1 N–H and O–H groups in total. The first-order valence-corrected chi connectivity index (χ1v) is 7.60. The van der Waals surface area contributed by atoms with Gasteiger partial charge in [-0.25, -0.2) is 0 Å². The van der Waals surface area contributed by atoms with Crippen LogP contribution in [0.25, 0.3) is 16.3 Å². The quantitative estimate of drug-likeness (QED) is 0.686. The third-order valence-corrected chi connectivity index (χ3v) is 4.98. The number of benzene rings is 1. The molecule has 3 heteroatoms. The van der Waals surface area contributed by atoms with Crippen LogP contribution in [-0.4, -0.2) is 9.51 Å². The van der Waals surface area contributed by atoms with Crippen LogP contribution in [0.15, 0.2) is 16.9 Å². The summed E-state index contributed by atoms with van der Waals surface area (Å²) in [6.45, 7) is 6.01. The first-order valence-electron chi connectivity index (χ1n) is 7.60. The Morgan fingerprint density at radius 1 is 1.24 bits per heavy atom. The van der Waals surface area contributed by atoms with E-state index in [2.05, 4.69) is 13.0 Å². The summed E-state index contributed by atoms with van der Waals surface area (Å²) in [5, 5.41) is 12.4. The number of aromatic nitrogens is 1. The van der Waals surface area contributed by atoms with Crippen molar-refractivity contribution in [1.82, 2.24) is 4.40 Å². The number of hydrogen-bond acceptors (Lipinski definition) is 2. The summed E-state index contributed by atoms with van der Waals surface area (Å²) in [7, 11) is 0. The van der Waals surface area contributed by atoms with Crippen LogP contribution in [0.3, 0.4) is 0 Å². The molecular formula is C18H19NO2. The third-order valence-electron chi connectivity index (χ3n) is 4.98. The lowest BCUT2D eigenvalue weighted by Gasteiger charge is -2.18. The Bertz CT molecular complexity index is 936. The summed E-state index contributed by atoms with van der Waals surface area (Å²) >= 11 is 0. The zero-order valence-electron chi connectivity index (χ0n) is 12.7. The Labute approximate surface area is 123 Å². The second-order valence-corrected chi connectivity index (χ2v) is 6.60. The van der Waals surface area contributed by atoms with Gasteiger partial charge in [0.1, 0.15) is 5.75 Å².